The van der Waals surface area contributed by atoms with E-state index in [1.165, 1.54) is 11.3 Å². The second-order valence-electron chi connectivity index (χ2n) is 5.68. The van der Waals surface area contributed by atoms with E-state index in [-0.39, 0.29) is 0 Å². The smallest absolute Gasteiger partial charge is 0.0416 e. The minimum atomic E-state index is 0.662. The third-order valence-corrected chi connectivity index (χ3v) is 2.86. The topological polar surface area (TPSA) is 29.3 Å². The van der Waals surface area contributed by atoms with Gasteiger partial charge in [-0.25, -0.2) is 0 Å². The van der Waals surface area contributed by atoms with Crippen molar-refractivity contribution < 1.29 is 0 Å². The molecule has 2 nitrogen and oxygen atoms in total. The first-order chi connectivity index (χ1) is 7.91. The van der Waals surface area contributed by atoms with Crippen molar-refractivity contribution in [3.8, 4) is 0 Å². The Balaban J connectivity index is 2.99. The summed E-state index contributed by atoms with van der Waals surface area (Å²) in [7, 11) is 0. The molecule has 0 aliphatic carbocycles. The fraction of sp³-hybridized carbons (Fsp3) is 0.600. The van der Waals surface area contributed by atoms with E-state index in [4.69, 9.17) is 5.73 Å². The molecule has 0 aliphatic rings. The molecule has 2 heteroatoms. The summed E-state index contributed by atoms with van der Waals surface area (Å²) >= 11 is 0. The van der Waals surface area contributed by atoms with Crippen molar-refractivity contribution in [1.82, 2.24) is 0 Å². The minimum Gasteiger partial charge on any atom is -0.398 e. The van der Waals surface area contributed by atoms with Crippen molar-refractivity contribution in [2.24, 2.45) is 11.8 Å². The predicted octanol–water partition coefficient (Wildman–Crippen LogP) is 3.70. The Bertz CT molecular complexity index is 346. The second-order valence-corrected chi connectivity index (χ2v) is 5.68. The van der Waals surface area contributed by atoms with Crippen LogP contribution < -0.4 is 10.6 Å². The monoisotopic (exact) mass is 234 g/mol. The van der Waals surface area contributed by atoms with Crippen LogP contribution in [-0.4, -0.2) is 13.1 Å². The molecule has 0 unspecified atom stereocenters. The highest BCUT2D eigenvalue weighted by atomic mass is 15.1. The molecule has 0 spiro atoms. The van der Waals surface area contributed by atoms with Crippen LogP contribution in [0.2, 0.25) is 0 Å². The molecule has 17 heavy (non-hydrogen) atoms. The van der Waals surface area contributed by atoms with Crippen LogP contribution >= 0.6 is 0 Å². The molecule has 0 heterocycles. The van der Waals surface area contributed by atoms with E-state index in [0.717, 1.165) is 18.8 Å². The van der Waals surface area contributed by atoms with E-state index >= 15 is 0 Å². The van der Waals surface area contributed by atoms with E-state index in [0.29, 0.717) is 11.8 Å². The molecule has 0 aromatic heterocycles. The Hall–Kier alpha value is -1.18. The normalized spacial score (nSPS) is 11.2. The van der Waals surface area contributed by atoms with Gasteiger partial charge in [-0.05, 0) is 36.5 Å². The van der Waals surface area contributed by atoms with E-state index < -0.39 is 0 Å². The summed E-state index contributed by atoms with van der Waals surface area (Å²) in [6.45, 7) is 13.3. The Labute approximate surface area is 106 Å². The van der Waals surface area contributed by atoms with Gasteiger partial charge in [0, 0.05) is 24.5 Å². The summed E-state index contributed by atoms with van der Waals surface area (Å²) in [6.07, 6.45) is 0. The molecule has 1 aromatic rings. The maximum atomic E-state index is 5.99. The molecule has 0 fully saturated rings. The largest absolute Gasteiger partial charge is 0.398 e. The summed E-state index contributed by atoms with van der Waals surface area (Å²) in [4.78, 5) is 2.46. The quantitative estimate of drug-likeness (QED) is 0.787. The van der Waals surface area contributed by atoms with E-state index in [9.17, 15) is 0 Å². The van der Waals surface area contributed by atoms with Gasteiger partial charge in [0.05, 0.1) is 0 Å². The minimum absolute atomic E-state index is 0.662. The van der Waals surface area contributed by atoms with E-state index in [1.807, 2.05) is 12.1 Å². The number of anilines is 2. The van der Waals surface area contributed by atoms with Crippen LogP contribution in [0.1, 0.15) is 33.3 Å². The van der Waals surface area contributed by atoms with Crippen LogP contribution in [0.3, 0.4) is 0 Å². The number of hydrogen-bond acceptors (Lipinski definition) is 2. The van der Waals surface area contributed by atoms with E-state index in [1.54, 1.807) is 0 Å². The number of nitrogen functional groups attached to an aromatic ring is 1. The molecule has 0 saturated heterocycles. The average Bonchev–Trinajstić information content (AvgIpc) is 2.19. The van der Waals surface area contributed by atoms with Gasteiger partial charge in [-0.3, -0.25) is 0 Å². The molecule has 0 amide bonds. The Morgan fingerprint density at radius 3 is 2.06 bits per heavy atom. The van der Waals surface area contributed by atoms with Gasteiger partial charge in [0.15, 0.2) is 0 Å². The van der Waals surface area contributed by atoms with Gasteiger partial charge in [-0.1, -0.05) is 33.8 Å². The van der Waals surface area contributed by atoms with Gasteiger partial charge in [-0.15, -0.1) is 0 Å². The van der Waals surface area contributed by atoms with Gasteiger partial charge < -0.3 is 10.6 Å². The zero-order chi connectivity index (χ0) is 13.0. The van der Waals surface area contributed by atoms with Crippen molar-refractivity contribution in [3.63, 3.8) is 0 Å². The first-order valence-corrected chi connectivity index (χ1v) is 6.51. The van der Waals surface area contributed by atoms with Crippen LogP contribution in [0.15, 0.2) is 18.2 Å². The maximum Gasteiger partial charge on any atom is 0.0416 e. The molecule has 1 aromatic carbocycles. The van der Waals surface area contributed by atoms with E-state index in [2.05, 4.69) is 45.6 Å². The number of nitrogens with zero attached hydrogens (tertiary/aromatic N) is 1. The summed E-state index contributed by atoms with van der Waals surface area (Å²) < 4.78 is 0. The summed E-state index contributed by atoms with van der Waals surface area (Å²) in [5.41, 5.74) is 9.37. The molecule has 1 rings (SSSR count). The number of nitrogens with two attached hydrogens (primary N) is 1. The third-order valence-electron chi connectivity index (χ3n) is 2.86. The highest BCUT2D eigenvalue weighted by molar-refractivity contribution is 5.64. The molecule has 0 bridgehead atoms. The molecular formula is C15H26N2. The maximum absolute atomic E-state index is 5.99. The molecule has 0 aliphatic heterocycles. The van der Waals surface area contributed by atoms with Crippen LogP contribution in [0.5, 0.6) is 0 Å². The lowest BCUT2D eigenvalue weighted by Crippen LogP contribution is -2.31. The van der Waals surface area contributed by atoms with Crippen LogP contribution in [0.25, 0.3) is 0 Å². The molecular weight excluding hydrogens is 208 g/mol. The van der Waals surface area contributed by atoms with Gasteiger partial charge in [0.2, 0.25) is 0 Å². The summed E-state index contributed by atoms with van der Waals surface area (Å²) in [6, 6.07) is 6.20. The van der Waals surface area contributed by atoms with Crippen molar-refractivity contribution in [2.45, 2.75) is 34.6 Å². The Kier molecular flexibility index (Phi) is 4.86. The number of benzene rings is 1. The lowest BCUT2D eigenvalue weighted by molar-refractivity contribution is 0.552. The zero-order valence-corrected chi connectivity index (χ0v) is 11.8. The third kappa shape index (κ3) is 3.95. The van der Waals surface area contributed by atoms with Crippen molar-refractivity contribution >= 4 is 11.4 Å². The predicted molar refractivity (Wildman–Crippen MR) is 77.5 cm³/mol. The first-order valence-electron chi connectivity index (χ1n) is 6.51. The van der Waals surface area contributed by atoms with Gasteiger partial charge in [0.1, 0.15) is 0 Å². The molecule has 0 radical (unpaired) electrons. The second kappa shape index (κ2) is 5.95. The van der Waals surface area contributed by atoms with Crippen molar-refractivity contribution in [1.29, 1.82) is 0 Å². The number of hydrogen-bond donors (Lipinski definition) is 1. The fourth-order valence-electron chi connectivity index (χ4n) is 2.14. The van der Waals surface area contributed by atoms with Gasteiger partial charge >= 0.3 is 0 Å². The van der Waals surface area contributed by atoms with Crippen LogP contribution in [0.4, 0.5) is 11.4 Å². The standard InChI is InChI=1S/C15H26N2/c1-11(2)9-17(10-12(3)4)15-8-6-7-14(16)13(15)5/h6-8,11-12H,9-10,16H2,1-5H3. The summed E-state index contributed by atoms with van der Waals surface area (Å²) in [5.74, 6) is 1.32. The van der Waals surface area contributed by atoms with Crippen LogP contribution in [0, 0.1) is 18.8 Å². The highest BCUT2D eigenvalue weighted by Crippen LogP contribution is 2.26. The van der Waals surface area contributed by atoms with Crippen molar-refractivity contribution in [3.05, 3.63) is 23.8 Å². The Morgan fingerprint density at radius 2 is 1.59 bits per heavy atom. The Morgan fingerprint density at radius 1 is 1.06 bits per heavy atom. The van der Waals surface area contributed by atoms with Crippen LogP contribution in [-0.2, 0) is 0 Å². The summed E-state index contributed by atoms with van der Waals surface area (Å²) in [5, 5.41) is 0. The molecule has 2 N–H and O–H groups in total. The molecule has 0 saturated carbocycles. The molecule has 96 valence electrons. The molecule has 0 atom stereocenters. The van der Waals surface area contributed by atoms with Gasteiger partial charge in [-0.2, -0.15) is 0 Å². The lowest BCUT2D eigenvalue weighted by Gasteiger charge is -2.30. The average molecular weight is 234 g/mol. The number of rotatable bonds is 5. The highest BCUT2D eigenvalue weighted by Gasteiger charge is 2.13. The SMILES string of the molecule is Cc1c(N)cccc1N(CC(C)C)CC(C)C. The first kappa shape index (κ1) is 13.9. The van der Waals surface area contributed by atoms with Crippen molar-refractivity contribution in [2.75, 3.05) is 23.7 Å². The van der Waals surface area contributed by atoms with Gasteiger partial charge in [0.25, 0.3) is 0 Å². The zero-order valence-electron chi connectivity index (χ0n) is 11.8. The lowest BCUT2D eigenvalue weighted by atomic mass is 10.1. The fourth-order valence-corrected chi connectivity index (χ4v) is 2.14.